The molecular weight excluding hydrogens is 390 g/mol. The van der Waals surface area contributed by atoms with Gasteiger partial charge in [0.1, 0.15) is 0 Å². The Kier molecular flexibility index (Phi) is 5.41. The van der Waals surface area contributed by atoms with E-state index in [1.807, 2.05) is 12.1 Å². The molecule has 8 heteroatoms. The predicted octanol–water partition coefficient (Wildman–Crippen LogP) is 4.14. The Bertz CT molecular complexity index is 1110. The van der Waals surface area contributed by atoms with Gasteiger partial charge in [-0.25, -0.2) is 0 Å². The van der Waals surface area contributed by atoms with Gasteiger partial charge in [-0.2, -0.15) is 0 Å². The normalized spacial score (nSPS) is 10.8. The van der Waals surface area contributed by atoms with Crippen molar-refractivity contribution in [2.45, 2.75) is 6.54 Å². The zero-order chi connectivity index (χ0) is 18.8. The fraction of sp³-hybridized carbons (Fsp3) is 0.167. The number of thiophene rings is 1. The van der Waals surface area contributed by atoms with Crippen molar-refractivity contribution in [3.05, 3.63) is 72.9 Å². The quantitative estimate of drug-likeness (QED) is 0.512. The highest BCUT2D eigenvalue weighted by Gasteiger charge is 2.17. The molecule has 134 valence electrons. The van der Waals surface area contributed by atoms with Crippen molar-refractivity contribution in [2.24, 2.45) is 7.05 Å². The van der Waals surface area contributed by atoms with Crippen LogP contribution in [0.1, 0.15) is 15.2 Å². The van der Waals surface area contributed by atoms with Crippen LogP contribution in [0, 0.1) is 4.77 Å². The molecule has 26 heavy (non-hydrogen) atoms. The van der Waals surface area contributed by atoms with Crippen molar-refractivity contribution in [3.8, 4) is 0 Å². The number of hydrogen-bond acceptors (Lipinski definition) is 4. The number of fused-ring (bicyclic) bond motifs is 1. The topological polar surface area (TPSA) is 58.1 Å². The molecule has 3 rings (SSSR count). The van der Waals surface area contributed by atoms with Gasteiger partial charge in [0.15, 0.2) is 4.77 Å². The fourth-order valence-corrected chi connectivity index (χ4v) is 3.92. The number of aromatic nitrogens is 2. The molecule has 0 aliphatic rings. The SMILES string of the molecule is C=CCN(Cc1ccc(Cl)s1)C(=O)c1ccc2c(=O)n(C)c(=S)[nH]c2c1. The maximum absolute atomic E-state index is 13.0. The lowest BCUT2D eigenvalue weighted by Crippen LogP contribution is -2.30. The van der Waals surface area contributed by atoms with Gasteiger partial charge in [0.2, 0.25) is 0 Å². The summed E-state index contributed by atoms with van der Waals surface area (Å²) in [5, 5.41) is 0.484. The zero-order valence-corrected chi connectivity index (χ0v) is 16.4. The van der Waals surface area contributed by atoms with Gasteiger partial charge in [0, 0.05) is 24.0 Å². The predicted molar refractivity (Wildman–Crippen MR) is 109 cm³/mol. The molecule has 0 bridgehead atoms. The molecule has 0 radical (unpaired) electrons. The van der Waals surface area contributed by atoms with E-state index in [2.05, 4.69) is 11.6 Å². The number of halogens is 1. The second-order valence-corrected chi connectivity index (χ2v) is 7.92. The lowest BCUT2D eigenvalue weighted by Gasteiger charge is -2.20. The molecule has 1 amide bonds. The molecule has 2 heterocycles. The molecule has 5 nitrogen and oxygen atoms in total. The van der Waals surface area contributed by atoms with Gasteiger partial charge < -0.3 is 9.88 Å². The first-order chi connectivity index (χ1) is 12.4. The number of H-pyrrole nitrogens is 1. The third-order valence-corrected chi connectivity index (χ3v) is 5.55. The Morgan fingerprint density at radius 2 is 2.19 bits per heavy atom. The second kappa shape index (κ2) is 7.57. The number of carbonyl (C=O) groups is 1. The van der Waals surface area contributed by atoms with Gasteiger partial charge in [0.05, 0.1) is 21.8 Å². The number of nitrogens with one attached hydrogen (secondary N) is 1. The number of hydrogen-bond donors (Lipinski definition) is 1. The van der Waals surface area contributed by atoms with E-state index in [1.165, 1.54) is 15.9 Å². The number of amides is 1. The summed E-state index contributed by atoms with van der Waals surface area (Å²) in [6.07, 6.45) is 1.68. The van der Waals surface area contributed by atoms with Gasteiger partial charge in [-0.05, 0) is 42.5 Å². The number of nitrogens with zero attached hydrogens (tertiary/aromatic N) is 2. The summed E-state index contributed by atoms with van der Waals surface area (Å²) >= 11 is 12.6. The number of aromatic amines is 1. The maximum Gasteiger partial charge on any atom is 0.261 e. The average molecular weight is 406 g/mol. The Morgan fingerprint density at radius 3 is 2.85 bits per heavy atom. The third-order valence-electron chi connectivity index (χ3n) is 3.96. The molecule has 0 fully saturated rings. The van der Waals surface area contributed by atoms with E-state index in [9.17, 15) is 9.59 Å². The van der Waals surface area contributed by atoms with Crippen LogP contribution in [0.25, 0.3) is 10.9 Å². The highest BCUT2D eigenvalue weighted by atomic mass is 35.5. The lowest BCUT2D eigenvalue weighted by atomic mass is 10.1. The van der Waals surface area contributed by atoms with Crippen LogP contribution in [0.3, 0.4) is 0 Å². The van der Waals surface area contributed by atoms with Crippen molar-refractivity contribution in [1.29, 1.82) is 0 Å². The molecule has 0 saturated carbocycles. The summed E-state index contributed by atoms with van der Waals surface area (Å²) in [7, 11) is 1.61. The van der Waals surface area contributed by atoms with Crippen molar-refractivity contribution in [2.75, 3.05) is 6.54 Å². The van der Waals surface area contributed by atoms with Crippen LogP contribution in [0.15, 0.2) is 47.8 Å². The smallest absolute Gasteiger partial charge is 0.261 e. The number of rotatable bonds is 5. The van der Waals surface area contributed by atoms with Crippen molar-refractivity contribution in [3.63, 3.8) is 0 Å². The molecule has 2 aromatic heterocycles. The maximum atomic E-state index is 13.0. The molecule has 0 unspecified atom stereocenters. The largest absolute Gasteiger partial charge is 0.332 e. The van der Waals surface area contributed by atoms with Gasteiger partial charge in [0.25, 0.3) is 11.5 Å². The minimum absolute atomic E-state index is 0.156. The van der Waals surface area contributed by atoms with E-state index in [1.54, 1.807) is 36.2 Å². The highest BCUT2D eigenvalue weighted by Crippen LogP contribution is 2.23. The van der Waals surface area contributed by atoms with Crippen LogP contribution in [-0.4, -0.2) is 26.9 Å². The summed E-state index contributed by atoms with van der Waals surface area (Å²) in [4.78, 5) is 30.9. The first-order valence-electron chi connectivity index (χ1n) is 7.78. The Labute approximate surface area is 164 Å². The van der Waals surface area contributed by atoms with Crippen LogP contribution < -0.4 is 5.56 Å². The minimum atomic E-state index is -0.195. The van der Waals surface area contributed by atoms with E-state index in [4.69, 9.17) is 23.8 Å². The monoisotopic (exact) mass is 405 g/mol. The van der Waals surface area contributed by atoms with E-state index >= 15 is 0 Å². The molecule has 0 atom stereocenters. The molecular formula is C18H16ClN3O2S2. The van der Waals surface area contributed by atoms with Crippen LogP contribution in [-0.2, 0) is 13.6 Å². The molecule has 1 aromatic carbocycles. The van der Waals surface area contributed by atoms with E-state index < -0.39 is 0 Å². The molecule has 0 saturated heterocycles. The van der Waals surface area contributed by atoms with Crippen LogP contribution >= 0.6 is 35.2 Å². The number of benzene rings is 1. The van der Waals surface area contributed by atoms with E-state index in [0.717, 1.165) is 4.88 Å². The average Bonchev–Trinajstić information content (AvgIpc) is 3.03. The fourth-order valence-electron chi connectivity index (χ4n) is 2.62. The molecule has 0 spiro atoms. The van der Waals surface area contributed by atoms with Gasteiger partial charge in [-0.15, -0.1) is 17.9 Å². The number of carbonyl (C=O) groups excluding carboxylic acids is 1. The summed E-state index contributed by atoms with van der Waals surface area (Å²) in [6.45, 7) is 4.56. The third kappa shape index (κ3) is 3.65. The lowest BCUT2D eigenvalue weighted by molar-refractivity contribution is 0.0764. The molecule has 3 aromatic rings. The van der Waals surface area contributed by atoms with Gasteiger partial charge >= 0.3 is 0 Å². The first kappa shape index (κ1) is 18.6. The van der Waals surface area contributed by atoms with Crippen molar-refractivity contribution >= 4 is 52.0 Å². The van der Waals surface area contributed by atoms with Crippen LogP contribution in [0.5, 0.6) is 0 Å². The van der Waals surface area contributed by atoms with Gasteiger partial charge in [-0.1, -0.05) is 17.7 Å². The minimum Gasteiger partial charge on any atom is -0.332 e. The van der Waals surface area contributed by atoms with Gasteiger partial charge in [-0.3, -0.25) is 14.2 Å². The summed E-state index contributed by atoms with van der Waals surface area (Å²) in [6, 6.07) is 8.67. The highest BCUT2D eigenvalue weighted by molar-refractivity contribution is 7.71. The zero-order valence-electron chi connectivity index (χ0n) is 14.0. The summed E-state index contributed by atoms with van der Waals surface area (Å²) in [5.41, 5.74) is 0.821. The Balaban J connectivity index is 1.98. The van der Waals surface area contributed by atoms with Crippen molar-refractivity contribution in [1.82, 2.24) is 14.5 Å². The summed E-state index contributed by atoms with van der Waals surface area (Å²) in [5.74, 6) is -0.156. The van der Waals surface area contributed by atoms with Crippen LogP contribution in [0.4, 0.5) is 0 Å². The first-order valence-corrected chi connectivity index (χ1v) is 9.38. The molecule has 1 N–H and O–H groups in total. The molecule has 0 aliphatic carbocycles. The van der Waals surface area contributed by atoms with Crippen LogP contribution in [0.2, 0.25) is 4.34 Å². The summed E-state index contributed by atoms with van der Waals surface area (Å²) < 4.78 is 2.35. The second-order valence-electron chi connectivity index (χ2n) is 5.73. The Morgan fingerprint density at radius 1 is 1.42 bits per heavy atom. The molecule has 0 aliphatic heterocycles. The Hall–Kier alpha value is -2.22. The van der Waals surface area contributed by atoms with E-state index in [-0.39, 0.29) is 11.5 Å². The standard InChI is InChI=1S/C18H16ClN3O2S2/c1-3-8-22(10-12-5-7-15(19)26-12)16(23)11-4-6-13-14(9-11)20-18(25)21(2)17(13)24/h3-7,9H,1,8,10H2,2H3,(H,20,25). The van der Waals surface area contributed by atoms with E-state index in [0.29, 0.717) is 38.7 Å². The van der Waals surface area contributed by atoms with Crippen molar-refractivity contribution < 1.29 is 4.79 Å².